The van der Waals surface area contributed by atoms with Crippen molar-refractivity contribution in [3.8, 4) is 0 Å². The third-order valence-electron chi connectivity index (χ3n) is 2.90. The lowest BCUT2D eigenvalue weighted by Crippen LogP contribution is -2.41. The molecule has 1 N–H and O–H groups in total. The van der Waals surface area contributed by atoms with Crippen LogP contribution in [0.4, 0.5) is 0 Å². The van der Waals surface area contributed by atoms with E-state index in [-0.39, 0.29) is 12.0 Å². The van der Waals surface area contributed by atoms with Gasteiger partial charge >= 0.3 is 0 Å². The summed E-state index contributed by atoms with van der Waals surface area (Å²) in [6.07, 6.45) is 2.34. The van der Waals surface area contributed by atoms with Crippen molar-refractivity contribution in [3.05, 3.63) is 21.9 Å². The Balaban J connectivity index is 2.06. The van der Waals surface area contributed by atoms with Gasteiger partial charge in [0.05, 0.1) is 11.0 Å². The molecular weight excluding hydrogens is 222 g/mol. The van der Waals surface area contributed by atoms with Crippen molar-refractivity contribution in [2.75, 3.05) is 13.1 Å². The first-order valence-corrected chi connectivity index (χ1v) is 6.58. The highest BCUT2D eigenvalue weighted by molar-refractivity contribution is 7.14. The monoisotopic (exact) mass is 239 g/mol. The number of likely N-dealkylation sites (tertiary alicyclic amines) is 1. The first kappa shape index (κ1) is 11.6. The molecule has 3 nitrogen and oxygen atoms in total. The third kappa shape index (κ3) is 2.44. The Morgan fingerprint density at radius 1 is 1.62 bits per heavy atom. The van der Waals surface area contributed by atoms with Crippen molar-refractivity contribution in [1.82, 2.24) is 4.90 Å². The van der Waals surface area contributed by atoms with Crippen molar-refractivity contribution in [1.29, 1.82) is 0 Å². The van der Waals surface area contributed by atoms with Gasteiger partial charge in [0.25, 0.3) is 5.91 Å². The fourth-order valence-corrected chi connectivity index (χ4v) is 2.89. The molecule has 1 amide bonds. The number of aliphatic hydroxyl groups excluding tert-OH is 1. The SMILES string of the molecule is CCc1ccc(C(=O)N2CCCC(O)C2)s1. The maximum absolute atomic E-state index is 12.1. The van der Waals surface area contributed by atoms with Crippen LogP contribution in [-0.4, -0.2) is 35.1 Å². The highest BCUT2D eigenvalue weighted by atomic mass is 32.1. The van der Waals surface area contributed by atoms with E-state index in [1.807, 2.05) is 12.1 Å². The molecule has 0 aromatic carbocycles. The lowest BCUT2D eigenvalue weighted by Gasteiger charge is -2.29. The number of amides is 1. The Morgan fingerprint density at radius 3 is 3.06 bits per heavy atom. The van der Waals surface area contributed by atoms with E-state index < -0.39 is 0 Å². The molecule has 1 unspecified atom stereocenters. The summed E-state index contributed by atoms with van der Waals surface area (Å²) in [5.74, 6) is 0.0726. The summed E-state index contributed by atoms with van der Waals surface area (Å²) in [7, 11) is 0. The Hall–Kier alpha value is -0.870. The predicted octanol–water partition coefficient (Wildman–Crippen LogP) is 1.91. The molecule has 88 valence electrons. The molecule has 4 heteroatoms. The molecule has 16 heavy (non-hydrogen) atoms. The van der Waals surface area contributed by atoms with Crippen molar-refractivity contribution in [3.63, 3.8) is 0 Å². The van der Waals surface area contributed by atoms with Gasteiger partial charge in [-0.25, -0.2) is 0 Å². The van der Waals surface area contributed by atoms with Crippen LogP contribution in [0.5, 0.6) is 0 Å². The average Bonchev–Trinajstić information content (AvgIpc) is 2.76. The molecule has 0 saturated carbocycles. The second-order valence-electron chi connectivity index (χ2n) is 4.17. The van der Waals surface area contributed by atoms with Crippen LogP contribution in [0, 0.1) is 0 Å². The smallest absolute Gasteiger partial charge is 0.264 e. The minimum atomic E-state index is -0.344. The van der Waals surface area contributed by atoms with Gasteiger partial charge in [-0.15, -0.1) is 11.3 Å². The average molecular weight is 239 g/mol. The zero-order chi connectivity index (χ0) is 11.5. The Labute approximate surface area is 99.7 Å². The molecule has 2 rings (SSSR count). The summed E-state index contributed by atoms with van der Waals surface area (Å²) < 4.78 is 0. The van der Waals surface area contributed by atoms with Gasteiger partial charge in [-0.1, -0.05) is 6.92 Å². The second kappa shape index (κ2) is 4.97. The topological polar surface area (TPSA) is 40.5 Å². The van der Waals surface area contributed by atoms with E-state index in [9.17, 15) is 9.90 Å². The largest absolute Gasteiger partial charge is 0.391 e. The third-order valence-corrected chi connectivity index (χ3v) is 4.12. The summed E-state index contributed by atoms with van der Waals surface area (Å²) in [4.78, 5) is 15.9. The summed E-state index contributed by atoms with van der Waals surface area (Å²) >= 11 is 1.56. The minimum Gasteiger partial charge on any atom is -0.391 e. The number of aryl methyl sites for hydroxylation is 1. The number of carbonyl (C=O) groups is 1. The molecule has 1 aliphatic rings. The van der Waals surface area contributed by atoms with Crippen LogP contribution in [0.1, 0.15) is 34.3 Å². The number of piperidine rings is 1. The van der Waals surface area contributed by atoms with Crippen LogP contribution in [0.15, 0.2) is 12.1 Å². The van der Waals surface area contributed by atoms with Crippen molar-refractivity contribution in [2.24, 2.45) is 0 Å². The van der Waals surface area contributed by atoms with Crippen molar-refractivity contribution in [2.45, 2.75) is 32.3 Å². The second-order valence-corrected chi connectivity index (χ2v) is 5.34. The van der Waals surface area contributed by atoms with Crippen LogP contribution in [0.2, 0.25) is 0 Å². The van der Waals surface area contributed by atoms with E-state index in [2.05, 4.69) is 6.92 Å². The van der Waals surface area contributed by atoms with Crippen molar-refractivity contribution >= 4 is 17.2 Å². The molecular formula is C12H17NO2S. The first-order valence-electron chi connectivity index (χ1n) is 5.76. The highest BCUT2D eigenvalue weighted by Gasteiger charge is 2.23. The van der Waals surface area contributed by atoms with E-state index in [0.717, 1.165) is 30.7 Å². The van der Waals surface area contributed by atoms with E-state index in [1.54, 1.807) is 16.2 Å². The molecule has 0 spiro atoms. The normalized spacial score (nSPS) is 21.1. The number of carbonyl (C=O) groups excluding carboxylic acids is 1. The molecule has 1 atom stereocenters. The van der Waals surface area contributed by atoms with Gasteiger partial charge in [0.1, 0.15) is 0 Å². The molecule has 2 heterocycles. The number of hydrogen-bond donors (Lipinski definition) is 1. The van der Waals surface area contributed by atoms with Gasteiger partial charge in [-0.05, 0) is 31.4 Å². The standard InChI is InChI=1S/C12H17NO2S/c1-2-10-5-6-11(16-10)12(15)13-7-3-4-9(14)8-13/h5-6,9,14H,2-4,7-8H2,1H3. The predicted molar refractivity (Wildman–Crippen MR) is 64.8 cm³/mol. The summed E-state index contributed by atoms with van der Waals surface area (Å²) in [6.45, 7) is 3.35. The summed E-state index contributed by atoms with van der Waals surface area (Å²) in [6, 6.07) is 3.91. The van der Waals surface area contributed by atoms with Gasteiger partial charge in [-0.3, -0.25) is 4.79 Å². The zero-order valence-electron chi connectivity index (χ0n) is 9.48. The van der Waals surface area contributed by atoms with E-state index in [4.69, 9.17) is 0 Å². The number of aliphatic hydroxyl groups is 1. The number of thiophene rings is 1. The number of rotatable bonds is 2. The lowest BCUT2D eigenvalue weighted by molar-refractivity contribution is 0.0478. The van der Waals surface area contributed by atoms with Gasteiger partial charge in [0, 0.05) is 18.0 Å². The summed E-state index contributed by atoms with van der Waals surface area (Å²) in [5.41, 5.74) is 0. The van der Waals surface area contributed by atoms with E-state index >= 15 is 0 Å². The Bertz CT molecular complexity index is 375. The van der Waals surface area contributed by atoms with Crippen LogP contribution in [-0.2, 0) is 6.42 Å². The molecule has 1 aromatic heterocycles. The lowest BCUT2D eigenvalue weighted by atomic mass is 10.1. The van der Waals surface area contributed by atoms with Gasteiger partial charge in [0.2, 0.25) is 0 Å². The van der Waals surface area contributed by atoms with E-state index in [0.29, 0.717) is 6.54 Å². The molecule has 0 aliphatic carbocycles. The van der Waals surface area contributed by atoms with Gasteiger partial charge in [-0.2, -0.15) is 0 Å². The number of β-amino-alcohol motifs (C(OH)–C–C–N with tert-alkyl or cyclic N) is 1. The molecule has 1 aromatic rings. The minimum absolute atomic E-state index is 0.0726. The van der Waals surface area contributed by atoms with Gasteiger partial charge in [0.15, 0.2) is 0 Å². The van der Waals surface area contributed by atoms with Crippen LogP contribution >= 0.6 is 11.3 Å². The maximum atomic E-state index is 12.1. The summed E-state index contributed by atoms with van der Waals surface area (Å²) in [5, 5.41) is 9.54. The highest BCUT2D eigenvalue weighted by Crippen LogP contribution is 2.20. The molecule has 1 saturated heterocycles. The fraction of sp³-hybridized carbons (Fsp3) is 0.583. The van der Waals surface area contributed by atoms with E-state index in [1.165, 1.54) is 4.88 Å². The molecule has 0 radical (unpaired) electrons. The Kier molecular flexibility index (Phi) is 3.61. The fourth-order valence-electron chi connectivity index (χ4n) is 1.98. The Morgan fingerprint density at radius 2 is 2.44 bits per heavy atom. The zero-order valence-corrected chi connectivity index (χ0v) is 10.3. The molecule has 1 aliphatic heterocycles. The quantitative estimate of drug-likeness (QED) is 0.856. The first-order chi connectivity index (χ1) is 7.70. The number of nitrogens with zero attached hydrogens (tertiary/aromatic N) is 1. The van der Waals surface area contributed by atoms with Crippen LogP contribution in [0.25, 0.3) is 0 Å². The van der Waals surface area contributed by atoms with Crippen molar-refractivity contribution < 1.29 is 9.90 Å². The van der Waals surface area contributed by atoms with Crippen LogP contribution in [0.3, 0.4) is 0 Å². The van der Waals surface area contributed by atoms with Gasteiger partial charge < -0.3 is 10.0 Å². The van der Waals surface area contributed by atoms with Crippen LogP contribution < -0.4 is 0 Å². The molecule has 1 fully saturated rings. The maximum Gasteiger partial charge on any atom is 0.264 e. The molecule has 0 bridgehead atoms. The number of hydrogen-bond acceptors (Lipinski definition) is 3.